The van der Waals surface area contributed by atoms with Gasteiger partial charge >= 0.3 is 6.18 Å². The maximum absolute atomic E-state index is 13.4. The van der Waals surface area contributed by atoms with Crippen LogP contribution in [0.1, 0.15) is 35.1 Å². The lowest BCUT2D eigenvalue weighted by Gasteiger charge is -2.30. The van der Waals surface area contributed by atoms with E-state index in [1.54, 1.807) is 6.07 Å². The molecule has 0 saturated carbocycles. The third-order valence-electron chi connectivity index (χ3n) is 5.50. The highest BCUT2D eigenvalue weighted by atomic mass is 35.5. The van der Waals surface area contributed by atoms with E-state index in [4.69, 9.17) is 11.6 Å². The van der Waals surface area contributed by atoms with Crippen LogP contribution < -0.4 is 0 Å². The van der Waals surface area contributed by atoms with Crippen molar-refractivity contribution in [3.8, 4) is 0 Å². The molecule has 0 aliphatic rings. The van der Waals surface area contributed by atoms with Gasteiger partial charge in [-0.05, 0) is 28.7 Å². The van der Waals surface area contributed by atoms with E-state index in [0.717, 1.165) is 17.2 Å². The second-order valence-electron chi connectivity index (χ2n) is 8.13. The molecule has 0 fully saturated rings. The van der Waals surface area contributed by atoms with E-state index >= 15 is 0 Å². The number of aliphatic hydroxyl groups is 1. The van der Waals surface area contributed by atoms with Gasteiger partial charge in [-0.3, -0.25) is 4.90 Å². The summed E-state index contributed by atoms with van der Waals surface area (Å²) in [5.74, 6) is -0.0142. The van der Waals surface area contributed by atoms with Crippen molar-refractivity contribution in [3.63, 3.8) is 0 Å². The maximum atomic E-state index is 13.4. The van der Waals surface area contributed by atoms with Gasteiger partial charge in [0.05, 0.1) is 10.6 Å². The van der Waals surface area contributed by atoms with Crippen LogP contribution in [0.4, 0.5) is 13.2 Å². The van der Waals surface area contributed by atoms with Gasteiger partial charge in [-0.25, -0.2) is 0 Å². The van der Waals surface area contributed by atoms with Gasteiger partial charge in [0, 0.05) is 32.2 Å². The molecule has 0 bridgehead atoms. The van der Waals surface area contributed by atoms with E-state index in [2.05, 4.69) is 29.2 Å². The van der Waals surface area contributed by atoms with Crippen molar-refractivity contribution < 1.29 is 18.3 Å². The van der Waals surface area contributed by atoms with Crippen LogP contribution in [0, 0.1) is 5.92 Å². The molecule has 1 atom stereocenters. The molecule has 0 radical (unpaired) electrons. The number of halogens is 4. The summed E-state index contributed by atoms with van der Waals surface area (Å²) in [4.78, 5) is 2.08. The minimum Gasteiger partial charge on any atom is -0.396 e. The third kappa shape index (κ3) is 6.35. The second kappa shape index (κ2) is 11.0. The topological polar surface area (TPSA) is 23.5 Å². The van der Waals surface area contributed by atoms with Crippen molar-refractivity contribution in [2.75, 3.05) is 19.7 Å². The number of nitrogens with zero attached hydrogens (tertiary/aromatic N) is 1. The second-order valence-corrected chi connectivity index (χ2v) is 8.51. The lowest BCUT2D eigenvalue weighted by atomic mass is 9.90. The van der Waals surface area contributed by atoms with E-state index in [-0.39, 0.29) is 30.0 Å². The molecule has 0 saturated heterocycles. The number of rotatable bonds is 9. The Balaban J connectivity index is 1.95. The summed E-state index contributed by atoms with van der Waals surface area (Å²) in [6.45, 7) is 3.27. The zero-order valence-electron chi connectivity index (χ0n) is 17.9. The average molecular weight is 462 g/mol. The largest absolute Gasteiger partial charge is 0.417 e. The van der Waals surface area contributed by atoms with Gasteiger partial charge in [0.2, 0.25) is 0 Å². The van der Waals surface area contributed by atoms with Crippen molar-refractivity contribution in [1.82, 2.24) is 4.90 Å². The molecule has 0 aliphatic heterocycles. The molecular weight excluding hydrogens is 435 g/mol. The molecule has 0 aliphatic carbocycles. The van der Waals surface area contributed by atoms with Crippen molar-refractivity contribution in [1.29, 1.82) is 0 Å². The monoisotopic (exact) mass is 461 g/mol. The summed E-state index contributed by atoms with van der Waals surface area (Å²) in [5, 5.41) is 9.36. The van der Waals surface area contributed by atoms with Crippen molar-refractivity contribution in [2.45, 2.75) is 25.6 Å². The fourth-order valence-electron chi connectivity index (χ4n) is 3.90. The predicted octanol–water partition coefficient (Wildman–Crippen LogP) is 6.62. The van der Waals surface area contributed by atoms with Crippen LogP contribution >= 0.6 is 11.6 Å². The van der Waals surface area contributed by atoms with E-state index in [0.29, 0.717) is 18.7 Å². The van der Waals surface area contributed by atoms with E-state index in [9.17, 15) is 18.3 Å². The van der Waals surface area contributed by atoms with Crippen LogP contribution in [0.2, 0.25) is 5.02 Å². The summed E-state index contributed by atoms with van der Waals surface area (Å²) < 4.78 is 40.1. The molecule has 1 N–H and O–H groups in total. The first-order chi connectivity index (χ1) is 15.3. The molecule has 32 heavy (non-hydrogen) atoms. The number of hydrogen-bond acceptors (Lipinski definition) is 2. The van der Waals surface area contributed by atoms with Crippen LogP contribution in [0.15, 0.2) is 78.9 Å². The highest BCUT2D eigenvalue weighted by molar-refractivity contribution is 6.32. The molecule has 3 aromatic carbocycles. The van der Waals surface area contributed by atoms with Gasteiger partial charge in [0.15, 0.2) is 0 Å². The molecule has 170 valence electrons. The molecule has 0 amide bonds. The highest BCUT2D eigenvalue weighted by Gasteiger charge is 2.34. The van der Waals surface area contributed by atoms with E-state index < -0.39 is 11.7 Å². The van der Waals surface area contributed by atoms with Crippen LogP contribution in [-0.4, -0.2) is 29.7 Å². The van der Waals surface area contributed by atoms with Crippen LogP contribution in [0.3, 0.4) is 0 Å². The highest BCUT2D eigenvalue weighted by Crippen LogP contribution is 2.37. The SMILES string of the molecule is CC(CO)CN(Cc1cccc(C(F)(F)F)c1Cl)CC(c1ccccc1)c1ccccc1. The molecule has 0 aromatic heterocycles. The van der Waals surface area contributed by atoms with Crippen molar-refractivity contribution in [3.05, 3.63) is 106 Å². The van der Waals surface area contributed by atoms with Gasteiger partial charge in [0.25, 0.3) is 0 Å². The molecule has 0 heterocycles. The number of benzene rings is 3. The van der Waals surface area contributed by atoms with Crippen molar-refractivity contribution >= 4 is 11.6 Å². The van der Waals surface area contributed by atoms with E-state index in [1.165, 1.54) is 6.07 Å². The lowest BCUT2D eigenvalue weighted by Crippen LogP contribution is -2.34. The zero-order valence-corrected chi connectivity index (χ0v) is 18.7. The molecule has 3 aromatic rings. The Morgan fingerprint density at radius 2 is 1.41 bits per heavy atom. The zero-order chi connectivity index (χ0) is 23.1. The average Bonchev–Trinajstić information content (AvgIpc) is 2.79. The molecule has 6 heteroatoms. The van der Waals surface area contributed by atoms with Crippen LogP contribution in [0.5, 0.6) is 0 Å². The summed E-state index contributed by atoms with van der Waals surface area (Å²) in [6, 6.07) is 24.1. The van der Waals surface area contributed by atoms with E-state index in [1.807, 2.05) is 43.3 Å². The van der Waals surface area contributed by atoms with Crippen molar-refractivity contribution in [2.24, 2.45) is 5.92 Å². The molecule has 0 spiro atoms. The summed E-state index contributed by atoms with van der Waals surface area (Å²) in [7, 11) is 0. The van der Waals surface area contributed by atoms with Gasteiger partial charge < -0.3 is 5.11 Å². The molecule has 1 unspecified atom stereocenters. The van der Waals surface area contributed by atoms with Crippen LogP contribution in [-0.2, 0) is 12.7 Å². The third-order valence-corrected chi connectivity index (χ3v) is 5.95. The molecular formula is C26H27ClF3NO. The Morgan fingerprint density at radius 1 is 0.844 bits per heavy atom. The van der Waals surface area contributed by atoms with Gasteiger partial charge in [-0.2, -0.15) is 13.2 Å². The summed E-state index contributed by atoms with van der Waals surface area (Å²) in [5.41, 5.74) is 1.84. The first-order valence-electron chi connectivity index (χ1n) is 10.6. The number of hydrogen-bond donors (Lipinski definition) is 1. The fraction of sp³-hybridized carbons (Fsp3) is 0.308. The number of aliphatic hydroxyl groups excluding tert-OH is 1. The van der Waals surface area contributed by atoms with Gasteiger partial charge in [-0.15, -0.1) is 0 Å². The Bertz CT molecular complexity index is 940. The fourth-order valence-corrected chi connectivity index (χ4v) is 4.19. The predicted molar refractivity (Wildman–Crippen MR) is 123 cm³/mol. The van der Waals surface area contributed by atoms with Crippen LogP contribution in [0.25, 0.3) is 0 Å². The van der Waals surface area contributed by atoms with Gasteiger partial charge in [-0.1, -0.05) is 91.3 Å². The first-order valence-corrected chi connectivity index (χ1v) is 10.9. The minimum absolute atomic E-state index is 0.00579. The Kier molecular flexibility index (Phi) is 8.35. The summed E-state index contributed by atoms with van der Waals surface area (Å²) >= 11 is 6.18. The quantitative estimate of drug-likeness (QED) is 0.387. The molecule has 2 nitrogen and oxygen atoms in total. The van der Waals surface area contributed by atoms with Gasteiger partial charge in [0.1, 0.15) is 0 Å². The maximum Gasteiger partial charge on any atom is 0.417 e. The minimum atomic E-state index is -4.51. The normalized spacial score (nSPS) is 13.0. The smallest absolute Gasteiger partial charge is 0.396 e. The Hall–Kier alpha value is -2.34. The summed E-state index contributed by atoms with van der Waals surface area (Å²) in [6.07, 6.45) is -4.51. The lowest BCUT2D eigenvalue weighted by molar-refractivity contribution is -0.137. The Labute approximate surface area is 192 Å². The first kappa shape index (κ1) is 24.3. The number of alkyl halides is 3. The standard InChI is InChI=1S/C26H27ClF3NO/c1-19(18-32)15-31(16-22-13-8-14-24(25(22)27)26(28,29)30)17-23(20-9-4-2-5-10-20)21-11-6-3-7-12-21/h2-14,19,23,32H,15-18H2,1H3. The molecule has 3 rings (SSSR count). The Morgan fingerprint density at radius 3 is 1.91 bits per heavy atom.